The molecular weight excluding hydrogens is 340 g/mol. The first-order valence-corrected chi connectivity index (χ1v) is 8.73. The normalized spacial score (nSPS) is 24.5. The summed E-state index contributed by atoms with van der Waals surface area (Å²) in [5, 5.41) is 5.90. The number of carbonyl (C=O) groups excluding carboxylic acids is 1. The number of halogens is 1. The lowest BCUT2D eigenvalue weighted by Gasteiger charge is -2.24. The summed E-state index contributed by atoms with van der Waals surface area (Å²) in [6.07, 6.45) is 3.53. The first-order chi connectivity index (χ1) is 10.7. The van der Waals surface area contributed by atoms with Crippen LogP contribution in [0.15, 0.2) is 40.9 Å². The van der Waals surface area contributed by atoms with Gasteiger partial charge in [-0.05, 0) is 54.3 Å². The smallest absolute Gasteiger partial charge is 0.253 e. The lowest BCUT2D eigenvalue weighted by Crippen LogP contribution is -2.39. The van der Waals surface area contributed by atoms with Crippen LogP contribution in [0.4, 0.5) is 0 Å². The maximum absolute atomic E-state index is 12.8. The van der Waals surface area contributed by atoms with Crippen LogP contribution in [0.5, 0.6) is 0 Å². The van der Waals surface area contributed by atoms with E-state index < -0.39 is 0 Å². The number of benzene rings is 2. The van der Waals surface area contributed by atoms with E-state index in [0.717, 1.165) is 40.3 Å². The van der Waals surface area contributed by atoms with E-state index in [1.165, 1.54) is 12.8 Å². The Balaban J connectivity index is 1.60. The van der Waals surface area contributed by atoms with Gasteiger partial charge in [0.15, 0.2) is 0 Å². The Kier molecular flexibility index (Phi) is 3.66. The molecule has 0 aliphatic carbocycles. The van der Waals surface area contributed by atoms with Crippen molar-refractivity contribution in [1.29, 1.82) is 0 Å². The lowest BCUT2D eigenvalue weighted by atomic mass is 10.0. The van der Waals surface area contributed by atoms with Crippen molar-refractivity contribution in [2.24, 2.45) is 0 Å². The molecule has 2 saturated heterocycles. The van der Waals surface area contributed by atoms with Crippen LogP contribution in [0.1, 0.15) is 29.6 Å². The van der Waals surface area contributed by atoms with Crippen molar-refractivity contribution < 1.29 is 4.79 Å². The van der Waals surface area contributed by atoms with Gasteiger partial charge < -0.3 is 10.2 Å². The quantitative estimate of drug-likeness (QED) is 0.844. The number of hydrogen-bond acceptors (Lipinski definition) is 2. The largest absolute Gasteiger partial charge is 0.337 e. The number of hydrogen-bond donors (Lipinski definition) is 1. The first-order valence-electron chi connectivity index (χ1n) is 7.94. The van der Waals surface area contributed by atoms with E-state index in [4.69, 9.17) is 0 Å². The Hall–Kier alpha value is -1.39. The minimum absolute atomic E-state index is 0.166. The molecule has 2 fully saturated rings. The number of carbonyl (C=O) groups is 1. The van der Waals surface area contributed by atoms with Gasteiger partial charge >= 0.3 is 0 Å². The van der Waals surface area contributed by atoms with Gasteiger partial charge in [0.2, 0.25) is 0 Å². The maximum Gasteiger partial charge on any atom is 0.253 e. The zero-order chi connectivity index (χ0) is 15.1. The number of likely N-dealkylation sites (tertiary alicyclic amines) is 1. The zero-order valence-electron chi connectivity index (χ0n) is 12.4. The van der Waals surface area contributed by atoms with Crippen LogP contribution in [-0.4, -0.2) is 36.0 Å². The van der Waals surface area contributed by atoms with E-state index in [9.17, 15) is 4.79 Å². The van der Waals surface area contributed by atoms with Crippen LogP contribution in [-0.2, 0) is 0 Å². The summed E-state index contributed by atoms with van der Waals surface area (Å²) in [6, 6.07) is 13.3. The van der Waals surface area contributed by atoms with Crippen LogP contribution in [0.2, 0.25) is 0 Å². The fourth-order valence-corrected chi connectivity index (χ4v) is 4.04. The van der Waals surface area contributed by atoms with Gasteiger partial charge in [0.05, 0.1) is 0 Å². The Morgan fingerprint density at radius 1 is 1.05 bits per heavy atom. The molecule has 2 bridgehead atoms. The van der Waals surface area contributed by atoms with Gasteiger partial charge in [-0.15, -0.1) is 0 Å². The van der Waals surface area contributed by atoms with E-state index in [2.05, 4.69) is 33.4 Å². The third-order valence-electron chi connectivity index (χ3n) is 4.86. The van der Waals surface area contributed by atoms with E-state index >= 15 is 0 Å². The predicted molar refractivity (Wildman–Crippen MR) is 92.1 cm³/mol. The third kappa shape index (κ3) is 2.66. The molecular formula is C18H19BrN2O. The highest BCUT2D eigenvalue weighted by atomic mass is 79.9. The monoisotopic (exact) mass is 358 g/mol. The summed E-state index contributed by atoms with van der Waals surface area (Å²) < 4.78 is 1.06. The SMILES string of the molecule is O=C(c1ccc2cc(Br)ccc2c1)N1CCC2CCC(C1)N2. The Labute approximate surface area is 138 Å². The topological polar surface area (TPSA) is 32.3 Å². The molecule has 2 aromatic carbocycles. The van der Waals surface area contributed by atoms with Crippen LogP contribution in [0.3, 0.4) is 0 Å². The summed E-state index contributed by atoms with van der Waals surface area (Å²) in [7, 11) is 0. The van der Waals surface area contributed by atoms with Crippen LogP contribution < -0.4 is 5.32 Å². The molecule has 4 heteroatoms. The van der Waals surface area contributed by atoms with Crippen molar-refractivity contribution in [1.82, 2.24) is 10.2 Å². The summed E-state index contributed by atoms with van der Waals surface area (Å²) in [5.74, 6) is 0.166. The molecule has 22 heavy (non-hydrogen) atoms. The molecule has 2 aliphatic rings. The predicted octanol–water partition coefficient (Wildman–Crippen LogP) is 3.57. The van der Waals surface area contributed by atoms with Gasteiger partial charge in [0.1, 0.15) is 0 Å². The molecule has 2 aromatic rings. The lowest BCUT2D eigenvalue weighted by molar-refractivity contribution is 0.0748. The highest BCUT2D eigenvalue weighted by Gasteiger charge is 2.31. The second kappa shape index (κ2) is 5.67. The Morgan fingerprint density at radius 2 is 1.82 bits per heavy atom. The minimum Gasteiger partial charge on any atom is -0.337 e. The summed E-state index contributed by atoms with van der Waals surface area (Å²) in [4.78, 5) is 14.9. The van der Waals surface area contributed by atoms with E-state index in [-0.39, 0.29) is 5.91 Å². The molecule has 0 saturated carbocycles. The van der Waals surface area contributed by atoms with Gasteiger partial charge in [-0.3, -0.25) is 4.79 Å². The Bertz CT molecular complexity index is 730. The maximum atomic E-state index is 12.8. The number of nitrogens with one attached hydrogen (secondary N) is 1. The van der Waals surface area contributed by atoms with Crippen molar-refractivity contribution in [3.05, 3.63) is 46.4 Å². The molecule has 1 N–H and O–H groups in total. The number of nitrogens with zero attached hydrogens (tertiary/aromatic N) is 1. The highest BCUT2D eigenvalue weighted by molar-refractivity contribution is 9.10. The Morgan fingerprint density at radius 3 is 2.73 bits per heavy atom. The fraction of sp³-hybridized carbons (Fsp3) is 0.389. The van der Waals surface area contributed by atoms with Crippen molar-refractivity contribution in [3.63, 3.8) is 0 Å². The van der Waals surface area contributed by atoms with Gasteiger partial charge in [-0.25, -0.2) is 0 Å². The molecule has 2 atom stereocenters. The number of rotatable bonds is 1. The van der Waals surface area contributed by atoms with Crippen molar-refractivity contribution >= 4 is 32.6 Å². The number of fused-ring (bicyclic) bond motifs is 3. The van der Waals surface area contributed by atoms with Crippen LogP contribution >= 0.6 is 15.9 Å². The first kappa shape index (κ1) is 14.2. The molecule has 2 heterocycles. The van der Waals surface area contributed by atoms with Gasteiger partial charge in [0.25, 0.3) is 5.91 Å². The van der Waals surface area contributed by atoms with Gasteiger partial charge in [-0.2, -0.15) is 0 Å². The molecule has 114 valence electrons. The van der Waals surface area contributed by atoms with Crippen LogP contribution in [0, 0.1) is 0 Å². The second-order valence-corrected chi connectivity index (χ2v) is 7.30. The molecule has 0 radical (unpaired) electrons. The van der Waals surface area contributed by atoms with E-state index in [0.29, 0.717) is 12.1 Å². The molecule has 0 spiro atoms. The molecule has 3 nitrogen and oxygen atoms in total. The van der Waals surface area contributed by atoms with Crippen molar-refractivity contribution in [2.45, 2.75) is 31.3 Å². The summed E-state index contributed by atoms with van der Waals surface area (Å²) in [6.45, 7) is 1.71. The third-order valence-corrected chi connectivity index (χ3v) is 5.35. The highest BCUT2D eigenvalue weighted by Crippen LogP contribution is 2.24. The molecule has 2 unspecified atom stereocenters. The summed E-state index contributed by atoms with van der Waals surface area (Å²) >= 11 is 3.49. The average molecular weight is 359 g/mol. The average Bonchev–Trinajstić information content (AvgIpc) is 2.85. The molecule has 4 rings (SSSR count). The zero-order valence-corrected chi connectivity index (χ0v) is 14.0. The van der Waals surface area contributed by atoms with Crippen molar-refractivity contribution in [2.75, 3.05) is 13.1 Å². The molecule has 1 amide bonds. The molecule has 2 aliphatic heterocycles. The summed E-state index contributed by atoms with van der Waals surface area (Å²) in [5.41, 5.74) is 0.799. The van der Waals surface area contributed by atoms with E-state index in [1.54, 1.807) is 0 Å². The standard InChI is InChI=1S/C18H19BrN2O/c19-15-4-3-12-9-14(2-1-13(12)10-15)18(22)21-8-7-16-5-6-17(11-21)20-16/h1-4,9-10,16-17,20H,5-8,11H2. The second-order valence-electron chi connectivity index (χ2n) is 6.38. The van der Waals surface area contributed by atoms with Gasteiger partial charge in [0, 0.05) is 35.2 Å². The molecule has 0 aromatic heterocycles. The van der Waals surface area contributed by atoms with Crippen LogP contribution in [0.25, 0.3) is 10.8 Å². The minimum atomic E-state index is 0.166. The van der Waals surface area contributed by atoms with Crippen molar-refractivity contribution in [3.8, 4) is 0 Å². The fourth-order valence-electron chi connectivity index (χ4n) is 3.66. The number of amides is 1. The van der Waals surface area contributed by atoms with Gasteiger partial charge in [-0.1, -0.05) is 28.1 Å². The van der Waals surface area contributed by atoms with E-state index in [1.807, 2.05) is 29.2 Å².